The maximum atomic E-state index is 11.6. The van der Waals surface area contributed by atoms with Gasteiger partial charge in [-0.25, -0.2) is 4.79 Å². The molecule has 4 nitrogen and oxygen atoms in total. The lowest BCUT2D eigenvalue weighted by atomic mass is 10.0. The quantitative estimate of drug-likeness (QED) is 0.883. The number of benzene rings is 2. The van der Waals surface area contributed by atoms with E-state index in [1.165, 1.54) is 0 Å². The highest BCUT2D eigenvalue weighted by atomic mass is 16.5. The fraction of sp³-hybridized carbons (Fsp3) is 0.316. The Balaban J connectivity index is 2.28. The Kier molecular flexibility index (Phi) is 5.27. The third kappa shape index (κ3) is 4.03. The van der Waals surface area contributed by atoms with Crippen molar-refractivity contribution in [2.75, 3.05) is 7.11 Å². The SMILES string of the molecule is COc1ccccc1C[C@@H](Oc1cc(C)cc(C)c1C)C(=O)O. The Bertz CT molecular complexity index is 707. The molecule has 0 saturated heterocycles. The van der Waals surface area contributed by atoms with Crippen molar-refractivity contribution < 1.29 is 19.4 Å². The largest absolute Gasteiger partial charge is 0.496 e. The Morgan fingerprint density at radius 3 is 2.48 bits per heavy atom. The van der Waals surface area contributed by atoms with Crippen molar-refractivity contribution >= 4 is 5.97 Å². The van der Waals surface area contributed by atoms with Crippen molar-refractivity contribution in [3.8, 4) is 11.5 Å². The van der Waals surface area contributed by atoms with E-state index in [4.69, 9.17) is 9.47 Å². The molecule has 0 radical (unpaired) electrons. The van der Waals surface area contributed by atoms with Crippen LogP contribution < -0.4 is 9.47 Å². The maximum absolute atomic E-state index is 11.6. The number of carboxylic acids is 1. The summed E-state index contributed by atoms with van der Waals surface area (Å²) < 4.78 is 11.1. The predicted octanol–water partition coefficient (Wildman–Crippen LogP) is 3.70. The zero-order valence-electron chi connectivity index (χ0n) is 13.9. The van der Waals surface area contributed by atoms with Crippen LogP contribution in [0.15, 0.2) is 36.4 Å². The Morgan fingerprint density at radius 1 is 1.13 bits per heavy atom. The number of hydrogen-bond acceptors (Lipinski definition) is 3. The molecule has 0 amide bonds. The number of aryl methyl sites for hydroxylation is 2. The van der Waals surface area contributed by atoms with E-state index in [9.17, 15) is 9.90 Å². The van der Waals surface area contributed by atoms with Crippen molar-refractivity contribution in [3.63, 3.8) is 0 Å². The molecule has 0 aliphatic carbocycles. The van der Waals surface area contributed by atoms with E-state index < -0.39 is 12.1 Å². The molecule has 122 valence electrons. The number of para-hydroxylation sites is 1. The summed E-state index contributed by atoms with van der Waals surface area (Å²) in [4.78, 5) is 11.6. The zero-order valence-corrected chi connectivity index (χ0v) is 13.9. The van der Waals surface area contributed by atoms with Crippen molar-refractivity contribution in [2.45, 2.75) is 33.3 Å². The number of carbonyl (C=O) groups is 1. The molecule has 2 aromatic carbocycles. The Hall–Kier alpha value is -2.49. The highest BCUT2D eigenvalue weighted by molar-refractivity contribution is 5.73. The highest BCUT2D eigenvalue weighted by Crippen LogP contribution is 2.26. The van der Waals surface area contributed by atoms with Gasteiger partial charge < -0.3 is 14.6 Å². The van der Waals surface area contributed by atoms with Crippen LogP contribution in [0.2, 0.25) is 0 Å². The summed E-state index contributed by atoms with van der Waals surface area (Å²) in [6.45, 7) is 5.90. The lowest BCUT2D eigenvalue weighted by Crippen LogP contribution is -2.30. The fourth-order valence-electron chi connectivity index (χ4n) is 2.53. The van der Waals surface area contributed by atoms with Gasteiger partial charge in [-0.1, -0.05) is 24.3 Å². The minimum atomic E-state index is -0.991. The Morgan fingerprint density at radius 2 is 1.83 bits per heavy atom. The van der Waals surface area contributed by atoms with Crippen LogP contribution in [0.1, 0.15) is 22.3 Å². The van der Waals surface area contributed by atoms with Gasteiger partial charge in [0.1, 0.15) is 11.5 Å². The van der Waals surface area contributed by atoms with Crippen LogP contribution in [-0.4, -0.2) is 24.3 Å². The van der Waals surface area contributed by atoms with Crippen LogP contribution in [0.5, 0.6) is 11.5 Å². The van der Waals surface area contributed by atoms with E-state index in [1.807, 2.05) is 51.1 Å². The molecule has 2 aromatic rings. The zero-order chi connectivity index (χ0) is 17.0. The molecular formula is C19H22O4. The number of aliphatic carboxylic acids is 1. The van der Waals surface area contributed by atoms with Crippen LogP contribution in [0.25, 0.3) is 0 Å². The van der Waals surface area contributed by atoms with Gasteiger partial charge >= 0.3 is 5.97 Å². The lowest BCUT2D eigenvalue weighted by molar-refractivity contribution is -0.145. The van der Waals surface area contributed by atoms with Gasteiger partial charge in [0.2, 0.25) is 0 Å². The van der Waals surface area contributed by atoms with Crippen molar-refractivity contribution in [1.82, 2.24) is 0 Å². The first-order valence-electron chi connectivity index (χ1n) is 7.51. The second kappa shape index (κ2) is 7.18. The van der Waals surface area contributed by atoms with Crippen LogP contribution in [0.3, 0.4) is 0 Å². The van der Waals surface area contributed by atoms with E-state index in [-0.39, 0.29) is 6.42 Å². The van der Waals surface area contributed by atoms with Gasteiger partial charge in [-0.2, -0.15) is 0 Å². The van der Waals surface area contributed by atoms with Gasteiger partial charge in [-0.05, 0) is 55.2 Å². The van der Waals surface area contributed by atoms with Crippen LogP contribution in [-0.2, 0) is 11.2 Å². The van der Waals surface area contributed by atoms with Gasteiger partial charge in [-0.3, -0.25) is 0 Å². The van der Waals surface area contributed by atoms with E-state index in [0.29, 0.717) is 11.5 Å². The summed E-state index contributed by atoms with van der Waals surface area (Å²) in [7, 11) is 1.57. The van der Waals surface area contributed by atoms with Gasteiger partial charge in [0.25, 0.3) is 0 Å². The molecule has 0 saturated carbocycles. The van der Waals surface area contributed by atoms with Crippen molar-refractivity contribution in [3.05, 3.63) is 58.7 Å². The molecule has 1 N–H and O–H groups in total. The van der Waals surface area contributed by atoms with E-state index in [2.05, 4.69) is 6.07 Å². The number of methoxy groups -OCH3 is 1. The molecule has 0 fully saturated rings. The summed E-state index contributed by atoms with van der Waals surface area (Å²) in [5.74, 6) is 0.291. The highest BCUT2D eigenvalue weighted by Gasteiger charge is 2.23. The fourth-order valence-corrected chi connectivity index (χ4v) is 2.53. The summed E-state index contributed by atoms with van der Waals surface area (Å²) >= 11 is 0. The standard InChI is InChI=1S/C19H22O4/c1-12-9-13(2)14(3)17(10-12)23-18(19(20)21)11-15-7-5-6-8-16(15)22-4/h5-10,18H,11H2,1-4H3,(H,20,21)/t18-/m1/s1. The van der Waals surface area contributed by atoms with Crippen LogP contribution >= 0.6 is 0 Å². The minimum Gasteiger partial charge on any atom is -0.496 e. The van der Waals surface area contributed by atoms with Crippen LogP contribution in [0.4, 0.5) is 0 Å². The number of carboxylic acid groups (broad SMARTS) is 1. The van der Waals surface area contributed by atoms with Gasteiger partial charge in [0.15, 0.2) is 6.10 Å². The molecule has 2 rings (SSSR count). The second-order valence-corrected chi connectivity index (χ2v) is 5.67. The van der Waals surface area contributed by atoms with Crippen molar-refractivity contribution in [2.24, 2.45) is 0 Å². The smallest absolute Gasteiger partial charge is 0.345 e. The first-order chi connectivity index (χ1) is 10.9. The molecule has 4 heteroatoms. The topological polar surface area (TPSA) is 55.8 Å². The molecule has 0 aliphatic heterocycles. The monoisotopic (exact) mass is 314 g/mol. The van der Waals surface area contributed by atoms with Gasteiger partial charge in [0, 0.05) is 6.42 Å². The molecule has 0 heterocycles. The number of rotatable bonds is 6. The molecule has 0 aromatic heterocycles. The van der Waals surface area contributed by atoms with E-state index >= 15 is 0 Å². The average Bonchev–Trinajstić information content (AvgIpc) is 2.51. The normalized spacial score (nSPS) is 11.8. The van der Waals surface area contributed by atoms with Gasteiger partial charge in [-0.15, -0.1) is 0 Å². The van der Waals surface area contributed by atoms with E-state index in [1.54, 1.807) is 7.11 Å². The molecule has 23 heavy (non-hydrogen) atoms. The summed E-state index contributed by atoms with van der Waals surface area (Å²) in [5, 5.41) is 9.52. The van der Waals surface area contributed by atoms with Crippen molar-refractivity contribution in [1.29, 1.82) is 0 Å². The summed E-state index contributed by atoms with van der Waals surface area (Å²) in [6, 6.07) is 11.3. The molecule has 1 atom stereocenters. The molecular weight excluding hydrogens is 292 g/mol. The first-order valence-corrected chi connectivity index (χ1v) is 7.51. The molecule has 0 aliphatic rings. The maximum Gasteiger partial charge on any atom is 0.345 e. The third-order valence-corrected chi connectivity index (χ3v) is 3.91. The molecule has 0 bridgehead atoms. The lowest BCUT2D eigenvalue weighted by Gasteiger charge is -2.19. The summed E-state index contributed by atoms with van der Waals surface area (Å²) in [5.41, 5.74) is 3.90. The third-order valence-electron chi connectivity index (χ3n) is 3.91. The second-order valence-electron chi connectivity index (χ2n) is 5.67. The number of hydrogen-bond donors (Lipinski definition) is 1. The Labute approximate surface area is 136 Å². The average molecular weight is 314 g/mol. The predicted molar refractivity (Wildman–Crippen MR) is 89.4 cm³/mol. The summed E-state index contributed by atoms with van der Waals surface area (Å²) in [6.07, 6.45) is -0.725. The minimum absolute atomic E-state index is 0.242. The van der Waals surface area contributed by atoms with Gasteiger partial charge in [0.05, 0.1) is 7.11 Å². The van der Waals surface area contributed by atoms with Crippen LogP contribution in [0, 0.1) is 20.8 Å². The molecule has 0 spiro atoms. The number of ether oxygens (including phenoxy) is 2. The van der Waals surface area contributed by atoms with E-state index in [0.717, 1.165) is 22.3 Å². The first kappa shape index (κ1) is 16.9. The molecule has 0 unspecified atom stereocenters.